The Morgan fingerprint density at radius 2 is 0.833 bits per heavy atom. The normalized spacial score (nSPS) is 40.8. The Hall–Kier alpha value is 0. The van der Waals surface area contributed by atoms with Crippen LogP contribution in [0, 0.1) is 59.2 Å². The van der Waals surface area contributed by atoms with Gasteiger partial charge in [-0.1, -0.05) is 68.2 Å². The Balaban J connectivity index is 2.14. The molecule has 0 spiro atoms. The van der Waals surface area contributed by atoms with Crippen molar-refractivity contribution in [3.05, 3.63) is 0 Å². The molecule has 8 unspecified atom stereocenters. The van der Waals surface area contributed by atoms with Crippen LogP contribution in [0.25, 0.3) is 0 Å². The van der Waals surface area contributed by atoms with E-state index in [1.165, 1.54) is 38.5 Å². The molecule has 0 aromatic carbocycles. The highest BCUT2D eigenvalue weighted by Gasteiger charge is 2.41. The van der Waals surface area contributed by atoms with Gasteiger partial charge < -0.3 is 0 Å². The van der Waals surface area contributed by atoms with E-state index in [2.05, 4.69) is 55.4 Å². The first-order valence-electron chi connectivity index (χ1n) is 11.2. The van der Waals surface area contributed by atoms with E-state index >= 15 is 0 Å². The number of hydrogen-bond donors (Lipinski definition) is 0. The summed E-state index contributed by atoms with van der Waals surface area (Å²) in [4.78, 5) is 0. The van der Waals surface area contributed by atoms with Crippen molar-refractivity contribution >= 4 is 0 Å². The molecule has 0 nitrogen and oxygen atoms in total. The van der Waals surface area contributed by atoms with Crippen LogP contribution >= 0.6 is 0 Å². The molecule has 0 aromatic rings. The Bertz CT molecular complexity index is 332. The average molecular weight is 335 g/mol. The predicted octanol–water partition coefficient (Wildman–Crippen LogP) is 7.68. The summed E-state index contributed by atoms with van der Waals surface area (Å²) in [6, 6.07) is 0. The molecule has 0 radical (unpaired) electrons. The minimum absolute atomic E-state index is 0.864. The maximum absolute atomic E-state index is 2.62. The first-order valence-corrected chi connectivity index (χ1v) is 11.2. The standard InChI is InChI=1S/C24H46/c1-15(2)21-11-9-17(5)13-23(21)19(7)20(8)24-14-18(6)10-12-22(24)16(3)4/h15-24H,9-14H2,1-8H3. The third-order valence-corrected chi connectivity index (χ3v) is 8.33. The van der Waals surface area contributed by atoms with Gasteiger partial charge in [-0.25, -0.2) is 0 Å². The topological polar surface area (TPSA) is 0 Å². The molecule has 0 amide bonds. The molecular formula is C24H46. The maximum atomic E-state index is 2.62. The Morgan fingerprint density at radius 1 is 0.500 bits per heavy atom. The summed E-state index contributed by atoms with van der Waals surface area (Å²) in [5.74, 6) is 9.30. The van der Waals surface area contributed by atoms with Crippen LogP contribution in [0.3, 0.4) is 0 Å². The lowest BCUT2D eigenvalue weighted by molar-refractivity contribution is 0.0170. The third kappa shape index (κ3) is 4.59. The minimum Gasteiger partial charge on any atom is -0.0625 e. The zero-order valence-corrected chi connectivity index (χ0v) is 18.0. The van der Waals surface area contributed by atoms with Gasteiger partial charge in [0.25, 0.3) is 0 Å². The largest absolute Gasteiger partial charge is 0.0625 e. The summed E-state index contributed by atoms with van der Waals surface area (Å²) in [7, 11) is 0. The second-order valence-corrected chi connectivity index (χ2v) is 10.7. The second-order valence-electron chi connectivity index (χ2n) is 10.7. The van der Waals surface area contributed by atoms with Crippen LogP contribution in [0.2, 0.25) is 0 Å². The van der Waals surface area contributed by atoms with Gasteiger partial charge in [-0.15, -0.1) is 0 Å². The molecule has 0 heteroatoms. The molecule has 0 aliphatic heterocycles. The first kappa shape index (κ1) is 20.3. The van der Waals surface area contributed by atoms with E-state index in [4.69, 9.17) is 0 Å². The molecule has 0 bridgehead atoms. The fraction of sp³-hybridized carbons (Fsp3) is 1.00. The van der Waals surface area contributed by atoms with Crippen LogP contribution in [-0.4, -0.2) is 0 Å². The van der Waals surface area contributed by atoms with Crippen molar-refractivity contribution in [2.24, 2.45) is 59.2 Å². The van der Waals surface area contributed by atoms with Crippen molar-refractivity contribution < 1.29 is 0 Å². The minimum atomic E-state index is 0.864. The highest BCUT2D eigenvalue weighted by Crippen LogP contribution is 2.49. The third-order valence-electron chi connectivity index (χ3n) is 8.33. The lowest BCUT2D eigenvalue weighted by Crippen LogP contribution is -2.40. The molecule has 2 rings (SSSR count). The average Bonchev–Trinajstić information content (AvgIpc) is 2.52. The number of hydrogen-bond acceptors (Lipinski definition) is 0. The van der Waals surface area contributed by atoms with E-state index in [9.17, 15) is 0 Å². The van der Waals surface area contributed by atoms with Gasteiger partial charge in [-0.3, -0.25) is 0 Å². The Kier molecular flexibility index (Phi) is 7.27. The molecule has 0 aromatic heterocycles. The van der Waals surface area contributed by atoms with Crippen molar-refractivity contribution in [3.8, 4) is 0 Å². The number of rotatable bonds is 5. The summed E-state index contributed by atoms with van der Waals surface area (Å²) in [5.41, 5.74) is 0. The lowest BCUT2D eigenvalue weighted by atomic mass is 9.58. The summed E-state index contributed by atoms with van der Waals surface area (Å²) in [6.45, 7) is 20.2. The molecule has 2 saturated carbocycles. The van der Waals surface area contributed by atoms with Crippen LogP contribution in [0.1, 0.15) is 93.9 Å². The first-order chi connectivity index (χ1) is 11.2. The molecule has 2 fully saturated rings. The van der Waals surface area contributed by atoms with E-state index in [1.807, 2.05) is 0 Å². The van der Waals surface area contributed by atoms with E-state index in [-0.39, 0.29) is 0 Å². The SMILES string of the molecule is CC1CCC(C(C)C)C(C(C)C(C)C2CC(C)CCC2C(C)C)C1. The van der Waals surface area contributed by atoms with E-state index in [1.54, 1.807) is 0 Å². The van der Waals surface area contributed by atoms with Crippen molar-refractivity contribution in [2.45, 2.75) is 93.9 Å². The van der Waals surface area contributed by atoms with E-state index in [0.29, 0.717) is 0 Å². The van der Waals surface area contributed by atoms with E-state index in [0.717, 1.165) is 59.2 Å². The maximum Gasteiger partial charge on any atom is -0.0352 e. The second kappa shape index (κ2) is 8.59. The van der Waals surface area contributed by atoms with Crippen LogP contribution in [0.4, 0.5) is 0 Å². The smallest absolute Gasteiger partial charge is 0.0352 e. The van der Waals surface area contributed by atoms with Crippen molar-refractivity contribution in [2.75, 3.05) is 0 Å². The molecule has 0 N–H and O–H groups in total. The molecule has 2 aliphatic carbocycles. The van der Waals surface area contributed by atoms with Gasteiger partial charge in [-0.2, -0.15) is 0 Å². The van der Waals surface area contributed by atoms with Crippen molar-refractivity contribution in [1.82, 2.24) is 0 Å². The van der Waals surface area contributed by atoms with Gasteiger partial charge in [0, 0.05) is 0 Å². The molecular weight excluding hydrogens is 288 g/mol. The van der Waals surface area contributed by atoms with Crippen LogP contribution in [-0.2, 0) is 0 Å². The van der Waals surface area contributed by atoms with Gasteiger partial charge in [0.2, 0.25) is 0 Å². The predicted molar refractivity (Wildman–Crippen MR) is 108 cm³/mol. The monoisotopic (exact) mass is 334 g/mol. The fourth-order valence-electron chi connectivity index (χ4n) is 6.54. The Labute approximate surface area is 153 Å². The van der Waals surface area contributed by atoms with Gasteiger partial charge in [0.1, 0.15) is 0 Å². The Morgan fingerprint density at radius 3 is 1.12 bits per heavy atom. The zero-order chi connectivity index (χ0) is 18.0. The van der Waals surface area contributed by atoms with Gasteiger partial charge >= 0.3 is 0 Å². The molecule has 2 aliphatic rings. The molecule has 24 heavy (non-hydrogen) atoms. The quantitative estimate of drug-likeness (QED) is 0.483. The fourth-order valence-corrected chi connectivity index (χ4v) is 6.54. The van der Waals surface area contributed by atoms with E-state index < -0.39 is 0 Å². The summed E-state index contributed by atoms with van der Waals surface area (Å²) < 4.78 is 0. The summed E-state index contributed by atoms with van der Waals surface area (Å²) in [5, 5.41) is 0. The molecule has 8 atom stereocenters. The van der Waals surface area contributed by atoms with Gasteiger partial charge in [-0.05, 0) is 84.9 Å². The zero-order valence-electron chi connectivity index (χ0n) is 18.0. The molecule has 0 heterocycles. The summed E-state index contributed by atoms with van der Waals surface area (Å²) >= 11 is 0. The van der Waals surface area contributed by atoms with Crippen molar-refractivity contribution in [3.63, 3.8) is 0 Å². The molecule has 142 valence electrons. The van der Waals surface area contributed by atoms with Gasteiger partial charge in [0.05, 0.1) is 0 Å². The van der Waals surface area contributed by atoms with Crippen LogP contribution in [0.15, 0.2) is 0 Å². The summed E-state index contributed by atoms with van der Waals surface area (Å²) in [6.07, 6.45) is 8.88. The van der Waals surface area contributed by atoms with Crippen LogP contribution in [0.5, 0.6) is 0 Å². The highest BCUT2D eigenvalue weighted by atomic mass is 14.5. The van der Waals surface area contributed by atoms with Gasteiger partial charge in [0.15, 0.2) is 0 Å². The highest BCUT2D eigenvalue weighted by molar-refractivity contribution is 4.90. The van der Waals surface area contributed by atoms with Crippen LogP contribution < -0.4 is 0 Å². The molecule has 0 saturated heterocycles. The lowest BCUT2D eigenvalue weighted by Gasteiger charge is -2.48. The van der Waals surface area contributed by atoms with Crippen molar-refractivity contribution in [1.29, 1.82) is 0 Å².